The molecule has 0 aromatic heterocycles. The first kappa shape index (κ1) is 14.5. The summed E-state index contributed by atoms with van der Waals surface area (Å²) in [6.07, 6.45) is 2.19. The van der Waals surface area contributed by atoms with Gasteiger partial charge in [0, 0.05) is 0 Å². The van der Waals surface area contributed by atoms with Gasteiger partial charge in [0.15, 0.2) is 9.84 Å². The summed E-state index contributed by atoms with van der Waals surface area (Å²) in [5.74, 6) is -0.124. The van der Waals surface area contributed by atoms with Crippen LogP contribution in [0.4, 0.5) is 0 Å². The Labute approximate surface area is 119 Å². The van der Waals surface area contributed by atoms with Crippen LogP contribution in [-0.4, -0.2) is 19.3 Å². The Hall–Kier alpha value is -1.91. The molecule has 20 heavy (non-hydrogen) atoms. The molecule has 2 aromatic rings. The number of hydrogen-bond donors (Lipinski definition) is 1. The molecule has 0 saturated carbocycles. The molecule has 2 rings (SSSR count). The molecule has 1 N–H and O–H groups in total. The van der Waals surface area contributed by atoms with Crippen molar-refractivity contribution in [1.82, 2.24) is 0 Å². The fourth-order valence-electron chi connectivity index (χ4n) is 1.80. The Bertz CT molecular complexity index is 661. The van der Waals surface area contributed by atoms with E-state index in [2.05, 4.69) is 0 Å². The van der Waals surface area contributed by atoms with Crippen LogP contribution < -0.4 is 0 Å². The topological polar surface area (TPSA) is 54.4 Å². The van der Waals surface area contributed by atoms with E-state index in [0.29, 0.717) is 4.90 Å². The summed E-state index contributed by atoms with van der Waals surface area (Å²) in [6.45, 7) is 0. The van der Waals surface area contributed by atoms with Crippen LogP contribution in [0.15, 0.2) is 77.7 Å². The molecule has 1 unspecified atom stereocenters. The summed E-state index contributed by atoms with van der Waals surface area (Å²) >= 11 is 0. The quantitative estimate of drug-likeness (QED) is 0.861. The molecule has 0 aliphatic rings. The van der Waals surface area contributed by atoms with E-state index < -0.39 is 15.9 Å². The van der Waals surface area contributed by atoms with Crippen LogP contribution in [0.5, 0.6) is 0 Å². The van der Waals surface area contributed by atoms with Gasteiger partial charge in [0.05, 0.1) is 16.8 Å². The lowest BCUT2D eigenvalue weighted by Gasteiger charge is -2.05. The second kappa shape index (κ2) is 6.50. The lowest BCUT2D eigenvalue weighted by Crippen LogP contribution is -2.04. The molecule has 0 heterocycles. The van der Waals surface area contributed by atoms with Crippen molar-refractivity contribution in [2.45, 2.75) is 11.0 Å². The van der Waals surface area contributed by atoms with Crippen molar-refractivity contribution in [1.29, 1.82) is 0 Å². The number of sulfone groups is 1. The van der Waals surface area contributed by atoms with Crippen molar-refractivity contribution in [3.05, 3.63) is 78.4 Å². The van der Waals surface area contributed by atoms with Gasteiger partial charge in [-0.1, -0.05) is 60.7 Å². The lowest BCUT2D eigenvalue weighted by atomic mass is 10.1. The van der Waals surface area contributed by atoms with Crippen LogP contribution in [0.2, 0.25) is 0 Å². The lowest BCUT2D eigenvalue weighted by molar-refractivity contribution is 0.228. The summed E-state index contributed by atoms with van der Waals surface area (Å²) in [5.41, 5.74) is 0.737. The molecule has 0 radical (unpaired) electrons. The van der Waals surface area contributed by atoms with Crippen molar-refractivity contribution in [3.63, 3.8) is 0 Å². The van der Waals surface area contributed by atoms with Gasteiger partial charge in [-0.3, -0.25) is 0 Å². The van der Waals surface area contributed by atoms with Crippen LogP contribution in [0, 0.1) is 0 Å². The van der Waals surface area contributed by atoms with Crippen LogP contribution >= 0.6 is 0 Å². The van der Waals surface area contributed by atoms with Gasteiger partial charge in [-0.2, -0.15) is 0 Å². The van der Waals surface area contributed by atoms with E-state index in [1.807, 2.05) is 18.2 Å². The van der Waals surface area contributed by atoms with Crippen LogP contribution in [0.25, 0.3) is 0 Å². The van der Waals surface area contributed by atoms with Crippen molar-refractivity contribution >= 4 is 9.84 Å². The molecule has 3 nitrogen and oxygen atoms in total. The third kappa shape index (κ3) is 3.79. The fourth-order valence-corrected chi connectivity index (χ4v) is 2.93. The minimum Gasteiger partial charge on any atom is -0.384 e. The van der Waals surface area contributed by atoms with E-state index in [4.69, 9.17) is 0 Å². The Morgan fingerprint density at radius 1 is 0.950 bits per heavy atom. The van der Waals surface area contributed by atoms with E-state index >= 15 is 0 Å². The first-order valence-corrected chi connectivity index (χ1v) is 7.92. The maximum absolute atomic E-state index is 12.0. The number of benzene rings is 2. The highest BCUT2D eigenvalue weighted by Crippen LogP contribution is 2.15. The third-order valence-corrected chi connectivity index (χ3v) is 4.50. The van der Waals surface area contributed by atoms with E-state index in [1.165, 1.54) is 12.2 Å². The third-order valence-electron chi connectivity index (χ3n) is 2.88. The molecule has 1 atom stereocenters. The number of hydrogen-bond acceptors (Lipinski definition) is 3. The van der Waals surface area contributed by atoms with Gasteiger partial charge in [0.25, 0.3) is 0 Å². The van der Waals surface area contributed by atoms with Crippen LogP contribution in [0.1, 0.15) is 11.7 Å². The highest BCUT2D eigenvalue weighted by molar-refractivity contribution is 7.91. The van der Waals surface area contributed by atoms with Gasteiger partial charge >= 0.3 is 0 Å². The molecule has 0 spiro atoms. The largest absolute Gasteiger partial charge is 0.384 e. The highest BCUT2D eigenvalue weighted by atomic mass is 32.2. The molecule has 0 amide bonds. The number of rotatable bonds is 5. The molecule has 2 aromatic carbocycles. The van der Waals surface area contributed by atoms with Crippen molar-refractivity contribution < 1.29 is 13.5 Å². The average molecular weight is 288 g/mol. The van der Waals surface area contributed by atoms with E-state index in [-0.39, 0.29) is 5.75 Å². The predicted molar refractivity (Wildman–Crippen MR) is 79.0 cm³/mol. The zero-order valence-corrected chi connectivity index (χ0v) is 11.7. The van der Waals surface area contributed by atoms with Gasteiger partial charge in [-0.15, -0.1) is 0 Å². The summed E-state index contributed by atoms with van der Waals surface area (Å²) < 4.78 is 24.0. The van der Waals surface area contributed by atoms with E-state index in [1.54, 1.807) is 42.5 Å². The number of aliphatic hydroxyl groups is 1. The van der Waals surface area contributed by atoms with Gasteiger partial charge in [-0.25, -0.2) is 8.42 Å². The zero-order chi connectivity index (χ0) is 14.4. The van der Waals surface area contributed by atoms with E-state index in [0.717, 1.165) is 5.56 Å². The Morgan fingerprint density at radius 3 is 2.10 bits per heavy atom. The molecule has 0 bridgehead atoms. The molecular formula is C16H16O3S. The Kier molecular flexibility index (Phi) is 4.71. The minimum absolute atomic E-state index is 0.124. The average Bonchev–Trinajstić information content (AvgIpc) is 2.49. The Morgan fingerprint density at radius 2 is 1.50 bits per heavy atom. The molecular weight excluding hydrogens is 272 g/mol. The second-order valence-corrected chi connectivity index (χ2v) is 6.41. The molecule has 0 fully saturated rings. The van der Waals surface area contributed by atoms with Crippen LogP contribution in [-0.2, 0) is 9.84 Å². The molecule has 0 saturated heterocycles. The standard InChI is InChI=1S/C16H16O3S/c17-16(14-8-3-1-4-9-14)12-7-13-20(18,19)15-10-5-2-6-11-15/h1-12,16-17H,13H2/b12-7-. The van der Waals surface area contributed by atoms with Crippen molar-refractivity contribution in [2.24, 2.45) is 0 Å². The molecule has 104 valence electrons. The van der Waals surface area contributed by atoms with E-state index in [9.17, 15) is 13.5 Å². The SMILES string of the molecule is O=S(=O)(C/C=C\C(O)c1ccccc1)c1ccccc1. The van der Waals surface area contributed by atoms with Crippen molar-refractivity contribution in [3.8, 4) is 0 Å². The minimum atomic E-state index is -3.34. The summed E-state index contributed by atoms with van der Waals surface area (Å²) in [6, 6.07) is 17.4. The fraction of sp³-hybridized carbons (Fsp3) is 0.125. The monoisotopic (exact) mass is 288 g/mol. The van der Waals surface area contributed by atoms with Crippen molar-refractivity contribution in [2.75, 3.05) is 5.75 Å². The summed E-state index contributed by atoms with van der Waals surface area (Å²) in [7, 11) is -3.34. The first-order chi connectivity index (χ1) is 9.59. The van der Waals surface area contributed by atoms with Gasteiger partial charge in [0.2, 0.25) is 0 Å². The summed E-state index contributed by atoms with van der Waals surface area (Å²) in [4.78, 5) is 0.291. The van der Waals surface area contributed by atoms with Gasteiger partial charge in [0.1, 0.15) is 0 Å². The van der Waals surface area contributed by atoms with Crippen LogP contribution in [0.3, 0.4) is 0 Å². The molecule has 0 aliphatic carbocycles. The summed E-state index contributed by atoms with van der Waals surface area (Å²) in [5, 5.41) is 9.91. The highest BCUT2D eigenvalue weighted by Gasteiger charge is 2.11. The second-order valence-electron chi connectivity index (χ2n) is 4.38. The molecule has 4 heteroatoms. The zero-order valence-electron chi connectivity index (χ0n) is 10.9. The maximum Gasteiger partial charge on any atom is 0.181 e. The smallest absolute Gasteiger partial charge is 0.181 e. The first-order valence-electron chi connectivity index (χ1n) is 6.27. The Balaban J connectivity index is 2.03. The van der Waals surface area contributed by atoms with Gasteiger partial charge in [-0.05, 0) is 17.7 Å². The van der Waals surface area contributed by atoms with Gasteiger partial charge < -0.3 is 5.11 Å². The molecule has 0 aliphatic heterocycles. The normalized spacial score (nSPS) is 13.4. The number of aliphatic hydroxyl groups excluding tert-OH is 1. The maximum atomic E-state index is 12.0. The predicted octanol–water partition coefficient (Wildman–Crippen LogP) is 2.75.